The van der Waals surface area contributed by atoms with Gasteiger partial charge >= 0.3 is 6.09 Å². The third-order valence-electron chi connectivity index (χ3n) is 3.94. The van der Waals surface area contributed by atoms with Gasteiger partial charge in [-0.05, 0) is 40.2 Å². The number of hydrogen-bond donors (Lipinski definition) is 0. The van der Waals surface area contributed by atoms with Crippen LogP contribution in [0.4, 0.5) is 4.79 Å². The molecule has 4 nitrogen and oxygen atoms in total. The summed E-state index contributed by atoms with van der Waals surface area (Å²) in [7, 11) is 0. The molecule has 1 aromatic rings. The lowest BCUT2D eigenvalue weighted by Crippen LogP contribution is -2.60. The Hall–Kier alpha value is -1.55. The van der Waals surface area contributed by atoms with E-state index in [1.54, 1.807) is 0 Å². The smallest absolute Gasteiger partial charge is 0.410 e. The average molecular weight is 304 g/mol. The molecule has 0 N–H and O–H groups in total. The van der Waals surface area contributed by atoms with Gasteiger partial charge in [-0.15, -0.1) is 0 Å². The number of benzene rings is 1. The van der Waals surface area contributed by atoms with Crippen molar-refractivity contribution in [1.29, 1.82) is 0 Å². The summed E-state index contributed by atoms with van der Waals surface area (Å²) < 4.78 is 5.49. The molecule has 0 bridgehead atoms. The van der Waals surface area contributed by atoms with Gasteiger partial charge in [0.2, 0.25) is 0 Å². The normalized spacial score (nSPS) is 19.0. The van der Waals surface area contributed by atoms with Crippen LogP contribution in [0.2, 0.25) is 0 Å². The topological polar surface area (TPSA) is 32.8 Å². The summed E-state index contributed by atoms with van der Waals surface area (Å²) >= 11 is 0. The first kappa shape index (κ1) is 16.8. The van der Waals surface area contributed by atoms with Gasteiger partial charge in [0.15, 0.2) is 0 Å². The lowest BCUT2D eigenvalue weighted by atomic mass is 9.98. The number of rotatable bonds is 2. The molecule has 0 saturated carbocycles. The van der Waals surface area contributed by atoms with Crippen LogP contribution < -0.4 is 0 Å². The first-order valence-electron chi connectivity index (χ1n) is 7.94. The van der Waals surface area contributed by atoms with Gasteiger partial charge in [-0.25, -0.2) is 4.79 Å². The molecule has 1 fully saturated rings. The van der Waals surface area contributed by atoms with Gasteiger partial charge in [-0.3, -0.25) is 4.90 Å². The fourth-order valence-electron chi connectivity index (χ4n) is 2.77. The van der Waals surface area contributed by atoms with Gasteiger partial charge in [-0.1, -0.05) is 30.3 Å². The maximum atomic E-state index is 12.3. The van der Waals surface area contributed by atoms with Crippen LogP contribution in [0, 0.1) is 0 Å². The number of carbonyl (C=O) groups is 1. The van der Waals surface area contributed by atoms with Gasteiger partial charge in [0.05, 0.1) is 0 Å². The second kappa shape index (κ2) is 6.29. The quantitative estimate of drug-likeness (QED) is 0.838. The van der Waals surface area contributed by atoms with Crippen LogP contribution in [0.1, 0.15) is 40.2 Å². The van der Waals surface area contributed by atoms with E-state index in [0.29, 0.717) is 13.1 Å². The monoisotopic (exact) mass is 304 g/mol. The Bertz CT molecular complexity index is 506. The fraction of sp³-hybridized carbons (Fsp3) is 0.611. The number of carbonyl (C=O) groups excluding carboxylic acids is 1. The van der Waals surface area contributed by atoms with Crippen molar-refractivity contribution in [2.75, 3.05) is 19.6 Å². The number of amides is 1. The van der Waals surface area contributed by atoms with Crippen LogP contribution in [-0.4, -0.2) is 46.7 Å². The number of ether oxygens (including phenoxy) is 1. The highest BCUT2D eigenvalue weighted by atomic mass is 16.6. The van der Waals surface area contributed by atoms with Crippen LogP contribution in [0.25, 0.3) is 0 Å². The van der Waals surface area contributed by atoms with Crippen molar-refractivity contribution in [3.8, 4) is 0 Å². The van der Waals surface area contributed by atoms with E-state index < -0.39 is 5.60 Å². The molecule has 0 aliphatic carbocycles. The minimum Gasteiger partial charge on any atom is -0.444 e. The second-order valence-corrected chi connectivity index (χ2v) is 7.62. The Morgan fingerprint density at radius 1 is 1.18 bits per heavy atom. The Morgan fingerprint density at radius 3 is 2.36 bits per heavy atom. The lowest BCUT2D eigenvalue weighted by Gasteiger charge is -2.47. The van der Waals surface area contributed by atoms with Crippen LogP contribution in [0.5, 0.6) is 0 Å². The summed E-state index contributed by atoms with van der Waals surface area (Å²) in [5.74, 6) is 0. The Morgan fingerprint density at radius 2 is 1.82 bits per heavy atom. The molecule has 0 aromatic heterocycles. The fourth-order valence-corrected chi connectivity index (χ4v) is 2.77. The van der Waals surface area contributed by atoms with Crippen LogP contribution >= 0.6 is 0 Å². The molecule has 4 heteroatoms. The van der Waals surface area contributed by atoms with Gasteiger partial charge in [0, 0.05) is 31.7 Å². The maximum Gasteiger partial charge on any atom is 0.410 e. The molecule has 0 atom stereocenters. The van der Waals surface area contributed by atoms with Crippen molar-refractivity contribution < 1.29 is 9.53 Å². The summed E-state index contributed by atoms with van der Waals surface area (Å²) in [4.78, 5) is 16.5. The summed E-state index contributed by atoms with van der Waals surface area (Å²) in [6.07, 6.45) is -0.208. The van der Waals surface area contributed by atoms with E-state index in [4.69, 9.17) is 4.74 Å². The van der Waals surface area contributed by atoms with E-state index >= 15 is 0 Å². The van der Waals surface area contributed by atoms with Crippen molar-refractivity contribution in [2.24, 2.45) is 0 Å². The van der Waals surface area contributed by atoms with E-state index in [-0.39, 0.29) is 11.6 Å². The Labute approximate surface area is 134 Å². The molecule has 1 aliphatic rings. The largest absolute Gasteiger partial charge is 0.444 e. The molecular weight excluding hydrogens is 276 g/mol. The molecule has 1 heterocycles. The molecule has 2 rings (SSSR count). The van der Waals surface area contributed by atoms with E-state index in [0.717, 1.165) is 13.1 Å². The van der Waals surface area contributed by atoms with Gasteiger partial charge < -0.3 is 9.64 Å². The van der Waals surface area contributed by atoms with E-state index in [1.165, 1.54) is 5.56 Å². The molecule has 1 aliphatic heterocycles. The van der Waals surface area contributed by atoms with Crippen LogP contribution in [-0.2, 0) is 11.3 Å². The third-order valence-corrected chi connectivity index (χ3v) is 3.94. The maximum absolute atomic E-state index is 12.3. The molecule has 1 saturated heterocycles. The highest BCUT2D eigenvalue weighted by Gasteiger charge is 2.36. The van der Waals surface area contributed by atoms with Gasteiger partial charge in [-0.2, -0.15) is 0 Å². The molecule has 0 radical (unpaired) electrons. The summed E-state index contributed by atoms with van der Waals surface area (Å²) in [5.41, 5.74) is 0.800. The highest BCUT2D eigenvalue weighted by molar-refractivity contribution is 5.68. The SMILES string of the molecule is CC(C)(C)OC(=O)N1CCN(Cc2ccccc2)C(C)(C)C1. The Kier molecular flexibility index (Phi) is 4.81. The summed E-state index contributed by atoms with van der Waals surface area (Å²) in [5, 5.41) is 0. The van der Waals surface area contributed by atoms with Crippen LogP contribution in [0.15, 0.2) is 30.3 Å². The minimum atomic E-state index is -0.442. The summed E-state index contributed by atoms with van der Waals surface area (Å²) in [6, 6.07) is 10.5. The molecule has 1 amide bonds. The zero-order valence-electron chi connectivity index (χ0n) is 14.4. The van der Waals surface area contributed by atoms with Crippen molar-refractivity contribution in [3.63, 3.8) is 0 Å². The van der Waals surface area contributed by atoms with E-state index in [9.17, 15) is 4.79 Å². The zero-order chi connectivity index (χ0) is 16.4. The highest BCUT2D eigenvalue weighted by Crippen LogP contribution is 2.24. The third kappa shape index (κ3) is 4.47. The first-order valence-corrected chi connectivity index (χ1v) is 7.94. The van der Waals surface area contributed by atoms with Crippen molar-refractivity contribution in [1.82, 2.24) is 9.80 Å². The van der Waals surface area contributed by atoms with Crippen molar-refractivity contribution in [3.05, 3.63) is 35.9 Å². The zero-order valence-corrected chi connectivity index (χ0v) is 14.4. The van der Waals surface area contributed by atoms with Crippen molar-refractivity contribution >= 4 is 6.09 Å². The molecule has 0 spiro atoms. The standard InChI is InChI=1S/C18H28N2O2/c1-17(2,3)22-16(21)19-11-12-20(18(4,5)14-19)13-15-9-7-6-8-10-15/h6-10H,11-14H2,1-5H3. The lowest BCUT2D eigenvalue weighted by molar-refractivity contribution is -0.0177. The average Bonchev–Trinajstić information content (AvgIpc) is 2.40. The summed E-state index contributed by atoms with van der Waals surface area (Å²) in [6.45, 7) is 13.3. The van der Waals surface area contributed by atoms with Gasteiger partial charge in [0.1, 0.15) is 5.60 Å². The molecule has 22 heavy (non-hydrogen) atoms. The molecular formula is C18H28N2O2. The number of nitrogens with zero attached hydrogens (tertiary/aromatic N) is 2. The van der Waals surface area contributed by atoms with Gasteiger partial charge in [0.25, 0.3) is 0 Å². The van der Waals surface area contributed by atoms with Crippen LogP contribution in [0.3, 0.4) is 0 Å². The minimum absolute atomic E-state index is 0.0645. The molecule has 0 unspecified atom stereocenters. The first-order chi connectivity index (χ1) is 10.2. The molecule has 122 valence electrons. The predicted octanol–water partition coefficient (Wildman–Crippen LogP) is 3.52. The van der Waals surface area contributed by atoms with Crippen molar-refractivity contribution in [2.45, 2.75) is 52.3 Å². The number of piperazine rings is 1. The predicted molar refractivity (Wildman–Crippen MR) is 88.7 cm³/mol. The second-order valence-electron chi connectivity index (χ2n) is 7.62. The number of hydrogen-bond acceptors (Lipinski definition) is 3. The van der Waals surface area contributed by atoms with E-state index in [2.05, 4.69) is 43.0 Å². The Balaban J connectivity index is 1.99. The molecule has 1 aromatic carbocycles. The van der Waals surface area contributed by atoms with E-state index in [1.807, 2.05) is 31.7 Å².